The van der Waals surface area contributed by atoms with Crippen LogP contribution in [0, 0.1) is 0 Å². The zero-order chi connectivity index (χ0) is 17.5. The zero-order valence-electron chi connectivity index (χ0n) is 13.0. The lowest BCUT2D eigenvalue weighted by atomic mass is 10.2. The second-order valence-corrected chi connectivity index (χ2v) is 6.86. The van der Waals surface area contributed by atoms with Gasteiger partial charge in [-0.3, -0.25) is 9.59 Å². The van der Waals surface area contributed by atoms with Gasteiger partial charge in [-0.2, -0.15) is 16.9 Å². The van der Waals surface area contributed by atoms with Crippen molar-refractivity contribution in [3.05, 3.63) is 40.0 Å². The maximum Gasteiger partial charge on any atom is 0.326 e. The van der Waals surface area contributed by atoms with Crippen LogP contribution in [0.15, 0.2) is 34.4 Å². The van der Waals surface area contributed by atoms with Crippen LogP contribution in [0.4, 0.5) is 0 Å². The molecule has 0 saturated heterocycles. The second kappa shape index (κ2) is 8.65. The minimum atomic E-state index is -1.09. The quantitative estimate of drug-likeness (QED) is 0.729. The maximum atomic E-state index is 12.1. The van der Waals surface area contributed by atoms with Crippen LogP contribution < -0.4 is 10.9 Å². The van der Waals surface area contributed by atoms with E-state index in [1.807, 2.05) is 23.8 Å². The molecule has 0 aromatic carbocycles. The molecule has 0 radical (unpaired) electrons. The van der Waals surface area contributed by atoms with E-state index < -0.39 is 23.5 Å². The molecular weight excluding hydrogens is 350 g/mol. The van der Waals surface area contributed by atoms with E-state index in [0.717, 1.165) is 9.56 Å². The molecule has 1 atom stereocenters. The molecule has 128 valence electrons. The fourth-order valence-electron chi connectivity index (χ4n) is 1.99. The Morgan fingerprint density at radius 2 is 2.21 bits per heavy atom. The lowest BCUT2D eigenvalue weighted by Crippen LogP contribution is -2.44. The van der Waals surface area contributed by atoms with Crippen molar-refractivity contribution in [1.29, 1.82) is 0 Å². The molecule has 2 rings (SSSR count). The number of carbonyl (C=O) groups is 2. The van der Waals surface area contributed by atoms with Crippen molar-refractivity contribution in [3.63, 3.8) is 0 Å². The molecule has 2 aromatic heterocycles. The summed E-state index contributed by atoms with van der Waals surface area (Å²) in [6.45, 7) is -0.318. The predicted octanol–water partition coefficient (Wildman–Crippen LogP) is 1.29. The molecule has 0 aliphatic rings. The normalized spacial score (nSPS) is 11.9. The maximum absolute atomic E-state index is 12.1. The van der Waals surface area contributed by atoms with Crippen molar-refractivity contribution < 1.29 is 14.7 Å². The van der Waals surface area contributed by atoms with Gasteiger partial charge in [0.1, 0.15) is 18.3 Å². The van der Waals surface area contributed by atoms with Crippen LogP contribution in [-0.2, 0) is 16.1 Å². The first-order valence-electron chi connectivity index (χ1n) is 7.14. The van der Waals surface area contributed by atoms with Crippen molar-refractivity contribution in [2.24, 2.45) is 0 Å². The Hall–Kier alpha value is -2.13. The van der Waals surface area contributed by atoms with Gasteiger partial charge in [-0.05, 0) is 35.9 Å². The highest BCUT2D eigenvalue weighted by Crippen LogP contribution is 2.20. The number of carboxylic acid groups (broad SMARTS) is 1. The first-order chi connectivity index (χ1) is 11.5. The van der Waals surface area contributed by atoms with Gasteiger partial charge in [0.25, 0.3) is 5.56 Å². The Balaban J connectivity index is 2.09. The molecule has 2 N–H and O–H groups in total. The number of aliphatic carboxylic acids is 1. The molecule has 0 bridgehead atoms. The largest absolute Gasteiger partial charge is 0.480 e. The summed E-state index contributed by atoms with van der Waals surface area (Å²) in [5.41, 5.74) is 0.177. The number of hydrogen-bond acceptors (Lipinski definition) is 6. The number of rotatable bonds is 8. The Kier molecular flexibility index (Phi) is 6.56. The van der Waals surface area contributed by atoms with Gasteiger partial charge in [0.15, 0.2) is 0 Å². The monoisotopic (exact) mass is 367 g/mol. The number of carboxylic acids is 1. The van der Waals surface area contributed by atoms with E-state index in [0.29, 0.717) is 17.9 Å². The minimum absolute atomic E-state index is 0.318. The number of thioether (sulfide) groups is 1. The van der Waals surface area contributed by atoms with Gasteiger partial charge < -0.3 is 10.4 Å². The van der Waals surface area contributed by atoms with Crippen LogP contribution in [0.2, 0.25) is 0 Å². The van der Waals surface area contributed by atoms with Crippen molar-refractivity contribution in [2.45, 2.75) is 19.0 Å². The van der Waals surface area contributed by atoms with Crippen molar-refractivity contribution >= 4 is 35.0 Å². The molecule has 9 heteroatoms. The Morgan fingerprint density at radius 3 is 2.83 bits per heavy atom. The molecule has 0 aliphatic carbocycles. The number of amides is 1. The summed E-state index contributed by atoms with van der Waals surface area (Å²) in [4.78, 5) is 36.0. The highest BCUT2D eigenvalue weighted by Gasteiger charge is 2.20. The van der Waals surface area contributed by atoms with E-state index in [4.69, 9.17) is 5.11 Å². The average Bonchev–Trinajstić information content (AvgIpc) is 3.07. The molecule has 7 nitrogen and oxygen atoms in total. The predicted molar refractivity (Wildman–Crippen MR) is 94.4 cm³/mol. The smallest absolute Gasteiger partial charge is 0.326 e. The van der Waals surface area contributed by atoms with Gasteiger partial charge in [-0.25, -0.2) is 9.48 Å². The summed E-state index contributed by atoms with van der Waals surface area (Å²) >= 11 is 2.97. The van der Waals surface area contributed by atoms with Gasteiger partial charge in [0.2, 0.25) is 5.91 Å². The van der Waals surface area contributed by atoms with Crippen LogP contribution in [0.1, 0.15) is 6.42 Å². The van der Waals surface area contributed by atoms with Gasteiger partial charge in [-0.1, -0.05) is 6.07 Å². The minimum Gasteiger partial charge on any atom is -0.480 e. The molecule has 0 saturated carbocycles. The average molecular weight is 367 g/mol. The molecule has 24 heavy (non-hydrogen) atoms. The molecule has 2 heterocycles. The fourth-order valence-corrected chi connectivity index (χ4v) is 3.15. The molecule has 0 spiro atoms. The SMILES string of the molecule is CSCCC(NC(=O)Cn1nc(-c2cccs2)ccc1=O)C(=O)O. The van der Waals surface area contributed by atoms with Gasteiger partial charge in [0.05, 0.1) is 4.88 Å². The van der Waals surface area contributed by atoms with Crippen molar-refractivity contribution in [2.75, 3.05) is 12.0 Å². The molecule has 0 aliphatic heterocycles. The highest BCUT2D eigenvalue weighted by molar-refractivity contribution is 7.98. The van der Waals surface area contributed by atoms with Crippen LogP contribution >= 0.6 is 23.1 Å². The van der Waals surface area contributed by atoms with Crippen LogP contribution in [-0.4, -0.2) is 44.8 Å². The molecular formula is C15H17N3O4S2. The number of carbonyl (C=O) groups excluding carboxylic acids is 1. The Bertz CT molecular complexity index is 758. The molecule has 0 fully saturated rings. The van der Waals surface area contributed by atoms with Crippen LogP contribution in [0.25, 0.3) is 10.6 Å². The van der Waals surface area contributed by atoms with E-state index in [-0.39, 0.29) is 6.54 Å². The summed E-state index contributed by atoms with van der Waals surface area (Å²) in [5.74, 6) is -1.03. The molecule has 1 amide bonds. The first kappa shape index (κ1) is 18.2. The fraction of sp³-hybridized carbons (Fsp3) is 0.333. The van der Waals surface area contributed by atoms with Gasteiger partial charge in [-0.15, -0.1) is 11.3 Å². The summed E-state index contributed by atoms with van der Waals surface area (Å²) in [6.07, 6.45) is 2.18. The zero-order valence-corrected chi connectivity index (χ0v) is 14.6. The number of nitrogens with zero attached hydrogens (tertiary/aromatic N) is 2. The Labute approximate surface area is 146 Å². The van der Waals surface area contributed by atoms with E-state index in [1.54, 1.807) is 6.07 Å². The Morgan fingerprint density at radius 1 is 1.42 bits per heavy atom. The number of nitrogens with one attached hydrogen (secondary N) is 1. The summed E-state index contributed by atoms with van der Waals surface area (Å²) in [7, 11) is 0. The van der Waals surface area contributed by atoms with Crippen LogP contribution in [0.5, 0.6) is 0 Å². The lowest BCUT2D eigenvalue weighted by Gasteiger charge is -2.14. The third kappa shape index (κ3) is 4.93. The number of aromatic nitrogens is 2. The van der Waals surface area contributed by atoms with E-state index in [1.165, 1.54) is 29.2 Å². The molecule has 1 unspecified atom stereocenters. The highest BCUT2D eigenvalue weighted by atomic mass is 32.2. The summed E-state index contributed by atoms with van der Waals surface area (Å²) in [5, 5.41) is 17.6. The summed E-state index contributed by atoms with van der Waals surface area (Å²) in [6, 6.07) is 5.71. The van der Waals surface area contributed by atoms with Gasteiger partial charge >= 0.3 is 5.97 Å². The number of thiophene rings is 1. The van der Waals surface area contributed by atoms with Crippen molar-refractivity contribution in [3.8, 4) is 10.6 Å². The first-order valence-corrected chi connectivity index (χ1v) is 9.41. The molecule has 2 aromatic rings. The van der Waals surface area contributed by atoms with E-state index >= 15 is 0 Å². The third-order valence-electron chi connectivity index (χ3n) is 3.18. The third-order valence-corrected chi connectivity index (χ3v) is 4.71. The second-order valence-electron chi connectivity index (χ2n) is 4.93. The van der Waals surface area contributed by atoms with Crippen LogP contribution in [0.3, 0.4) is 0 Å². The van der Waals surface area contributed by atoms with Crippen molar-refractivity contribution in [1.82, 2.24) is 15.1 Å². The lowest BCUT2D eigenvalue weighted by molar-refractivity contribution is -0.142. The summed E-state index contributed by atoms with van der Waals surface area (Å²) < 4.78 is 1.04. The number of hydrogen-bond donors (Lipinski definition) is 2. The van der Waals surface area contributed by atoms with E-state index in [9.17, 15) is 14.4 Å². The van der Waals surface area contributed by atoms with E-state index in [2.05, 4.69) is 10.4 Å². The van der Waals surface area contributed by atoms with Gasteiger partial charge in [0, 0.05) is 6.07 Å². The topological polar surface area (TPSA) is 101 Å². The standard InChI is InChI=1S/C15H17N3O4S2/c1-23-8-6-11(15(21)22)16-13(19)9-18-14(20)5-4-10(17-18)12-3-2-7-24-12/h2-5,7,11H,6,8-9H2,1H3,(H,16,19)(H,21,22).